The Kier molecular flexibility index (Phi) is 6.13. The van der Waals surface area contributed by atoms with Crippen LogP contribution >= 0.6 is 11.3 Å². The van der Waals surface area contributed by atoms with Crippen LogP contribution in [0.3, 0.4) is 0 Å². The smallest absolute Gasteiger partial charge is 0.164 e. The number of nitrogens with zero attached hydrogens (tertiary/aromatic N) is 3. The number of furan rings is 1. The fourth-order valence-electron chi connectivity index (χ4n) is 7.98. The van der Waals surface area contributed by atoms with Crippen LogP contribution in [-0.2, 0) is 0 Å². The van der Waals surface area contributed by atoms with Crippen LogP contribution in [0.1, 0.15) is 12.3 Å². The molecule has 12 rings (SSSR count). The van der Waals surface area contributed by atoms with Crippen molar-refractivity contribution in [2.45, 2.75) is 0 Å². The maximum atomic E-state index is 9.11. The van der Waals surface area contributed by atoms with Gasteiger partial charge in [-0.15, -0.1) is 11.3 Å². The first kappa shape index (κ1) is 26.3. The zero-order valence-electron chi connectivity index (χ0n) is 40.5. The number of thiophene rings is 1. The third-order valence-corrected chi connectivity index (χ3v) is 12.0. The van der Waals surface area contributed by atoms with E-state index in [9.17, 15) is 0 Å². The van der Waals surface area contributed by atoms with E-state index in [2.05, 4.69) is 72.8 Å². The van der Waals surface area contributed by atoms with Gasteiger partial charge in [-0.3, -0.25) is 0 Å². The summed E-state index contributed by atoms with van der Waals surface area (Å²) in [6.45, 7) is 0. The number of para-hydroxylation sites is 1. The highest BCUT2D eigenvalue weighted by atomic mass is 32.1. The van der Waals surface area contributed by atoms with Gasteiger partial charge < -0.3 is 4.42 Å². The van der Waals surface area contributed by atoms with E-state index in [1.54, 1.807) is 35.6 Å². The molecule has 0 saturated heterocycles. The van der Waals surface area contributed by atoms with Crippen molar-refractivity contribution in [3.05, 3.63) is 200 Å². The summed E-state index contributed by atoms with van der Waals surface area (Å²) in [5.74, 6) is 1.32. The molecule has 3 heterocycles. The largest absolute Gasteiger partial charge is 0.455 e. The van der Waals surface area contributed by atoms with Gasteiger partial charge in [0.2, 0.25) is 0 Å². The molecule has 0 saturated carbocycles. The van der Waals surface area contributed by atoms with Gasteiger partial charge in [-0.1, -0.05) is 176 Å². The normalized spacial score (nSPS) is 13.8. The van der Waals surface area contributed by atoms with Gasteiger partial charge in [0.25, 0.3) is 0 Å². The molecule has 0 fully saturated rings. The van der Waals surface area contributed by atoms with Crippen molar-refractivity contribution in [2.24, 2.45) is 0 Å². The minimum atomic E-state index is -0.548. The number of benzene rings is 9. The van der Waals surface area contributed by atoms with Crippen molar-refractivity contribution in [1.82, 2.24) is 15.0 Å². The minimum Gasteiger partial charge on any atom is -0.455 e. The van der Waals surface area contributed by atoms with Crippen LogP contribution in [0, 0.1) is 0 Å². The summed E-state index contributed by atoms with van der Waals surface area (Å²) in [6, 6.07) is 44.3. The van der Waals surface area contributed by atoms with Crippen molar-refractivity contribution in [3.8, 4) is 67.5 Å². The second-order valence-corrected chi connectivity index (χ2v) is 15.5. The lowest BCUT2D eigenvalue weighted by Crippen LogP contribution is -2.00. The fraction of sp³-hybridized carbons (Fsp3) is 0. The molecule has 0 bridgehead atoms. The zero-order valence-corrected chi connectivity index (χ0v) is 32.3. The van der Waals surface area contributed by atoms with Crippen LogP contribution in [0.5, 0.6) is 0 Å². The van der Waals surface area contributed by atoms with E-state index in [1.165, 1.54) is 15.6 Å². The van der Waals surface area contributed by atoms with Gasteiger partial charge >= 0.3 is 0 Å². The van der Waals surface area contributed by atoms with Crippen molar-refractivity contribution >= 4 is 64.2 Å². The summed E-state index contributed by atoms with van der Waals surface area (Å²) >= 11 is 1.72. The Morgan fingerprint density at radius 1 is 0.383 bits per heavy atom. The van der Waals surface area contributed by atoms with Gasteiger partial charge in [0.15, 0.2) is 17.5 Å². The molecule has 0 radical (unpaired) electrons. The van der Waals surface area contributed by atoms with Gasteiger partial charge in [0.1, 0.15) is 11.2 Å². The summed E-state index contributed by atoms with van der Waals surface area (Å²) in [5, 5.41) is 2.02. The van der Waals surface area contributed by atoms with E-state index >= 15 is 0 Å². The molecule has 0 amide bonds. The van der Waals surface area contributed by atoms with Crippen molar-refractivity contribution in [3.63, 3.8) is 0 Å². The molecule has 0 aliphatic carbocycles. The van der Waals surface area contributed by atoms with Crippen LogP contribution < -0.4 is 0 Å². The standard InChI is InChI=1S/C55H33N3OS/c1-3-12-34(13-4-1)39-17-9-18-40(32-39)54-56-53(57-55(58-54)41-29-31-47-49(33-41)60-48-23-11-20-42(50(47)48)35-14-5-2-6-15-35)38-26-24-37(25-27-38)44-21-10-22-45-46-30-28-36-16-7-8-19-43(36)52(46)59-51(44)45/h1-33H/i7D,8D,10D,16D,19D,21D,22D,28D,30D. The molecule has 4 nitrogen and oxygen atoms in total. The summed E-state index contributed by atoms with van der Waals surface area (Å²) in [5.41, 5.74) is 7.06. The first-order valence-electron chi connectivity index (χ1n) is 23.9. The Balaban J connectivity index is 1.02. The molecular formula is C55H33N3OS. The molecule has 9 aromatic carbocycles. The van der Waals surface area contributed by atoms with Gasteiger partial charge in [0, 0.05) is 58.6 Å². The molecule has 60 heavy (non-hydrogen) atoms. The fourth-order valence-corrected chi connectivity index (χ4v) is 9.15. The molecule has 12 aromatic rings. The predicted molar refractivity (Wildman–Crippen MR) is 250 cm³/mol. The molecule has 0 unspecified atom stereocenters. The molecule has 280 valence electrons. The average Bonchev–Trinajstić information content (AvgIpc) is 3.97. The topological polar surface area (TPSA) is 51.8 Å². The van der Waals surface area contributed by atoms with E-state index < -0.39 is 48.3 Å². The lowest BCUT2D eigenvalue weighted by Gasteiger charge is -2.10. The predicted octanol–water partition coefficient (Wildman–Crippen LogP) is 15.3. The van der Waals surface area contributed by atoms with Crippen LogP contribution in [0.15, 0.2) is 204 Å². The molecule has 0 atom stereocenters. The van der Waals surface area contributed by atoms with E-state index in [-0.39, 0.29) is 44.3 Å². The summed E-state index contributed by atoms with van der Waals surface area (Å²) in [7, 11) is 0. The lowest BCUT2D eigenvalue weighted by atomic mass is 9.99. The summed E-state index contributed by atoms with van der Waals surface area (Å²) in [4.78, 5) is 15.2. The maximum absolute atomic E-state index is 9.11. The van der Waals surface area contributed by atoms with Gasteiger partial charge in [-0.05, 0) is 57.4 Å². The Morgan fingerprint density at radius 2 is 1.00 bits per heavy atom. The third-order valence-electron chi connectivity index (χ3n) is 10.9. The van der Waals surface area contributed by atoms with Crippen LogP contribution in [0.2, 0.25) is 0 Å². The maximum Gasteiger partial charge on any atom is 0.164 e. The van der Waals surface area contributed by atoms with Crippen molar-refractivity contribution in [2.75, 3.05) is 0 Å². The lowest BCUT2D eigenvalue weighted by molar-refractivity contribution is 0.674. The number of aromatic nitrogens is 3. The zero-order chi connectivity index (χ0) is 47.4. The first-order chi connectivity index (χ1) is 33.5. The second kappa shape index (κ2) is 14.0. The number of hydrogen-bond donors (Lipinski definition) is 0. The molecule has 0 aliphatic heterocycles. The van der Waals surface area contributed by atoms with Crippen molar-refractivity contribution < 1.29 is 16.8 Å². The third kappa shape index (κ3) is 5.78. The Bertz CT molecular complexity index is 4120. The molecule has 0 aliphatic rings. The molecule has 3 aromatic heterocycles. The van der Waals surface area contributed by atoms with E-state index in [0.29, 0.717) is 28.6 Å². The quantitative estimate of drug-likeness (QED) is 0.168. The van der Waals surface area contributed by atoms with Crippen molar-refractivity contribution in [1.29, 1.82) is 0 Å². The monoisotopic (exact) mass is 792 g/mol. The summed E-state index contributed by atoms with van der Waals surface area (Å²) < 4.78 is 87.4. The highest BCUT2D eigenvalue weighted by Gasteiger charge is 2.18. The SMILES string of the molecule is [2H]c1c([2H])c([2H])c2c(oc3c4c([2H])c([2H])c([2H])c([2H])c4c([2H])c([2H])c32)c1-c1ccc(-c2nc(-c3cccc(-c4ccccc4)c3)nc(-c3ccc4c(c3)sc3cccc(-c5ccccc5)c34)n2)cc1. The van der Waals surface area contributed by atoms with Gasteiger partial charge in [-0.2, -0.15) is 0 Å². The molecular weight excluding hydrogens is 751 g/mol. The van der Waals surface area contributed by atoms with E-state index in [0.717, 1.165) is 37.9 Å². The number of fused-ring (bicyclic) bond motifs is 8. The molecule has 5 heteroatoms. The molecule has 0 N–H and O–H groups in total. The Morgan fingerprint density at radius 3 is 1.82 bits per heavy atom. The molecule has 0 spiro atoms. The Labute approximate surface area is 362 Å². The van der Waals surface area contributed by atoms with Crippen LogP contribution in [-0.4, -0.2) is 15.0 Å². The highest BCUT2D eigenvalue weighted by Crippen LogP contribution is 2.42. The Hall–Kier alpha value is -7.73. The van der Waals surface area contributed by atoms with Crippen LogP contribution in [0.4, 0.5) is 0 Å². The van der Waals surface area contributed by atoms with E-state index in [1.807, 2.05) is 48.5 Å². The first-order valence-corrected chi connectivity index (χ1v) is 20.2. The minimum absolute atomic E-state index is 0.00730. The van der Waals surface area contributed by atoms with Gasteiger partial charge in [0.05, 0.1) is 12.3 Å². The van der Waals surface area contributed by atoms with E-state index in [4.69, 9.17) is 31.7 Å². The summed E-state index contributed by atoms with van der Waals surface area (Å²) in [6.07, 6.45) is 0. The number of hydrogen-bond acceptors (Lipinski definition) is 5. The average molecular weight is 793 g/mol. The van der Waals surface area contributed by atoms with Crippen LogP contribution in [0.25, 0.3) is 120 Å². The highest BCUT2D eigenvalue weighted by molar-refractivity contribution is 7.26. The second-order valence-electron chi connectivity index (χ2n) is 14.4. The van der Waals surface area contributed by atoms with Gasteiger partial charge in [-0.25, -0.2) is 15.0 Å². The number of rotatable bonds is 6.